The highest BCUT2D eigenvalue weighted by Crippen LogP contribution is 2.16. The van der Waals surface area contributed by atoms with E-state index >= 15 is 0 Å². The second-order valence-electron chi connectivity index (χ2n) is 3.62. The van der Waals surface area contributed by atoms with Crippen molar-refractivity contribution in [3.63, 3.8) is 0 Å². The van der Waals surface area contributed by atoms with E-state index in [2.05, 4.69) is 10.3 Å². The molecular formula is C13H7ClFN3O. The van der Waals surface area contributed by atoms with E-state index in [0.29, 0.717) is 5.56 Å². The summed E-state index contributed by atoms with van der Waals surface area (Å²) >= 11 is 5.71. The number of aromatic nitrogens is 1. The molecule has 0 aliphatic rings. The smallest absolute Gasteiger partial charge is 0.259 e. The fraction of sp³-hybridized carbons (Fsp3) is 0. The van der Waals surface area contributed by atoms with Gasteiger partial charge in [0.1, 0.15) is 17.7 Å². The molecule has 0 atom stereocenters. The Balaban J connectivity index is 2.21. The van der Waals surface area contributed by atoms with Crippen molar-refractivity contribution in [1.82, 2.24) is 4.98 Å². The molecule has 1 aromatic heterocycles. The van der Waals surface area contributed by atoms with Crippen LogP contribution in [0.4, 0.5) is 10.2 Å². The van der Waals surface area contributed by atoms with E-state index in [0.717, 1.165) is 6.07 Å². The number of hydrogen-bond acceptors (Lipinski definition) is 3. The number of amides is 1. The average molecular weight is 276 g/mol. The molecule has 0 saturated heterocycles. The monoisotopic (exact) mass is 275 g/mol. The number of rotatable bonds is 2. The van der Waals surface area contributed by atoms with Gasteiger partial charge in [0.25, 0.3) is 5.91 Å². The lowest BCUT2D eigenvalue weighted by Gasteiger charge is -2.05. The molecule has 0 bridgehead atoms. The number of halogens is 2. The molecule has 0 radical (unpaired) electrons. The van der Waals surface area contributed by atoms with E-state index in [1.54, 1.807) is 0 Å². The van der Waals surface area contributed by atoms with Crippen molar-refractivity contribution < 1.29 is 9.18 Å². The molecule has 1 heterocycles. The van der Waals surface area contributed by atoms with Crippen LogP contribution in [-0.4, -0.2) is 10.9 Å². The van der Waals surface area contributed by atoms with Crippen molar-refractivity contribution >= 4 is 23.3 Å². The summed E-state index contributed by atoms with van der Waals surface area (Å²) in [5.41, 5.74) is 0.200. The van der Waals surface area contributed by atoms with Gasteiger partial charge < -0.3 is 5.32 Å². The van der Waals surface area contributed by atoms with Crippen LogP contribution in [0.3, 0.4) is 0 Å². The molecule has 4 nitrogen and oxygen atoms in total. The van der Waals surface area contributed by atoms with Gasteiger partial charge in [-0.25, -0.2) is 9.37 Å². The molecule has 94 valence electrons. The van der Waals surface area contributed by atoms with E-state index in [9.17, 15) is 9.18 Å². The number of pyridine rings is 1. The van der Waals surface area contributed by atoms with E-state index in [1.165, 1.54) is 30.5 Å². The third-order valence-electron chi connectivity index (χ3n) is 2.31. The molecule has 19 heavy (non-hydrogen) atoms. The highest BCUT2D eigenvalue weighted by atomic mass is 35.5. The third-order valence-corrected chi connectivity index (χ3v) is 2.54. The quantitative estimate of drug-likeness (QED) is 0.916. The average Bonchev–Trinajstić information content (AvgIpc) is 2.42. The molecule has 1 aromatic carbocycles. The Labute approximate surface area is 113 Å². The van der Waals surface area contributed by atoms with Gasteiger partial charge in [-0.2, -0.15) is 5.26 Å². The van der Waals surface area contributed by atoms with Gasteiger partial charge in [0.05, 0.1) is 11.1 Å². The van der Waals surface area contributed by atoms with E-state index < -0.39 is 11.7 Å². The summed E-state index contributed by atoms with van der Waals surface area (Å²) in [4.78, 5) is 15.7. The second kappa shape index (κ2) is 5.46. The molecule has 2 rings (SSSR count). The van der Waals surface area contributed by atoms with Crippen LogP contribution in [0.1, 0.15) is 15.9 Å². The van der Waals surface area contributed by atoms with E-state index in [-0.39, 0.29) is 16.4 Å². The number of carbonyl (C=O) groups excluding carboxylic acids is 1. The van der Waals surface area contributed by atoms with Gasteiger partial charge in [-0.15, -0.1) is 0 Å². The molecule has 0 saturated carbocycles. The van der Waals surface area contributed by atoms with Crippen molar-refractivity contribution in [2.45, 2.75) is 0 Å². The Morgan fingerprint density at radius 3 is 2.79 bits per heavy atom. The first-order chi connectivity index (χ1) is 9.10. The van der Waals surface area contributed by atoms with Crippen molar-refractivity contribution in [3.8, 4) is 6.07 Å². The minimum Gasteiger partial charge on any atom is -0.306 e. The maximum absolute atomic E-state index is 13.5. The SMILES string of the molecule is N#Cc1ccc(NC(=O)c2cc(Cl)ccc2F)nc1. The van der Waals surface area contributed by atoms with E-state index in [1.807, 2.05) is 6.07 Å². The second-order valence-corrected chi connectivity index (χ2v) is 4.06. The number of nitrogens with one attached hydrogen (secondary N) is 1. The largest absolute Gasteiger partial charge is 0.306 e. The van der Waals surface area contributed by atoms with Crippen LogP contribution in [-0.2, 0) is 0 Å². The zero-order valence-electron chi connectivity index (χ0n) is 9.52. The topological polar surface area (TPSA) is 65.8 Å². The molecule has 0 aliphatic carbocycles. The Morgan fingerprint density at radius 1 is 1.37 bits per heavy atom. The van der Waals surface area contributed by atoms with Crippen molar-refractivity contribution in [2.75, 3.05) is 5.32 Å². The highest BCUT2D eigenvalue weighted by Gasteiger charge is 2.12. The lowest BCUT2D eigenvalue weighted by molar-refractivity contribution is 0.102. The molecule has 1 amide bonds. The van der Waals surface area contributed by atoms with Crippen molar-refractivity contribution in [3.05, 3.63) is 58.5 Å². The predicted octanol–water partition coefficient (Wildman–Crippen LogP) is 3.00. The summed E-state index contributed by atoms with van der Waals surface area (Å²) in [6, 6.07) is 8.56. The summed E-state index contributed by atoms with van der Waals surface area (Å²) in [6.45, 7) is 0. The van der Waals surface area contributed by atoms with Crippen LogP contribution < -0.4 is 5.32 Å². The van der Waals surface area contributed by atoms with E-state index in [4.69, 9.17) is 16.9 Å². The maximum atomic E-state index is 13.5. The molecule has 0 unspecified atom stereocenters. The number of nitrogens with zero attached hydrogens (tertiary/aromatic N) is 2. The Bertz CT molecular complexity index is 665. The van der Waals surface area contributed by atoms with Gasteiger partial charge in [-0.3, -0.25) is 4.79 Å². The first kappa shape index (κ1) is 13.0. The van der Waals surface area contributed by atoms with Gasteiger partial charge in [-0.05, 0) is 30.3 Å². The lowest BCUT2D eigenvalue weighted by atomic mass is 10.2. The Kier molecular flexibility index (Phi) is 3.74. The van der Waals surface area contributed by atoms with Gasteiger partial charge in [0.2, 0.25) is 0 Å². The first-order valence-corrected chi connectivity index (χ1v) is 5.60. The number of hydrogen-bond donors (Lipinski definition) is 1. The van der Waals surface area contributed by atoms with Gasteiger partial charge >= 0.3 is 0 Å². The van der Waals surface area contributed by atoms with Crippen LogP contribution in [0, 0.1) is 17.1 Å². The molecule has 2 aromatic rings. The minimum absolute atomic E-state index is 0.168. The fourth-order valence-electron chi connectivity index (χ4n) is 1.39. The standard InChI is InChI=1S/C13H7ClFN3O/c14-9-2-3-11(15)10(5-9)13(19)18-12-4-1-8(6-16)7-17-12/h1-5,7H,(H,17,18,19). The van der Waals surface area contributed by atoms with Crippen LogP contribution >= 0.6 is 11.6 Å². The van der Waals surface area contributed by atoms with Crippen LogP contribution in [0.25, 0.3) is 0 Å². The molecule has 6 heteroatoms. The summed E-state index contributed by atoms with van der Waals surface area (Å²) in [6.07, 6.45) is 1.31. The third kappa shape index (κ3) is 3.06. The lowest BCUT2D eigenvalue weighted by Crippen LogP contribution is -2.14. The van der Waals surface area contributed by atoms with Crippen LogP contribution in [0.5, 0.6) is 0 Å². The van der Waals surface area contributed by atoms with Crippen LogP contribution in [0.2, 0.25) is 5.02 Å². The zero-order chi connectivity index (χ0) is 13.8. The number of nitriles is 1. The normalized spacial score (nSPS) is 9.74. The molecule has 0 aliphatic heterocycles. The maximum Gasteiger partial charge on any atom is 0.259 e. The molecule has 1 N–H and O–H groups in total. The summed E-state index contributed by atoms with van der Waals surface area (Å²) in [7, 11) is 0. The molecular weight excluding hydrogens is 269 g/mol. The fourth-order valence-corrected chi connectivity index (χ4v) is 1.56. The number of carbonyl (C=O) groups is 1. The number of anilines is 1. The summed E-state index contributed by atoms with van der Waals surface area (Å²) < 4.78 is 13.5. The zero-order valence-corrected chi connectivity index (χ0v) is 10.3. The minimum atomic E-state index is -0.671. The summed E-state index contributed by atoms with van der Waals surface area (Å²) in [5.74, 6) is -1.10. The number of benzene rings is 1. The molecule has 0 spiro atoms. The van der Waals surface area contributed by atoms with Gasteiger partial charge in [0, 0.05) is 11.2 Å². The van der Waals surface area contributed by atoms with Crippen molar-refractivity contribution in [2.24, 2.45) is 0 Å². The Hall–Kier alpha value is -2.45. The van der Waals surface area contributed by atoms with Crippen LogP contribution in [0.15, 0.2) is 36.5 Å². The summed E-state index contributed by atoms with van der Waals surface area (Å²) in [5, 5.41) is 11.3. The van der Waals surface area contributed by atoms with Gasteiger partial charge in [0.15, 0.2) is 0 Å². The first-order valence-electron chi connectivity index (χ1n) is 5.22. The van der Waals surface area contributed by atoms with Crippen molar-refractivity contribution in [1.29, 1.82) is 5.26 Å². The Morgan fingerprint density at radius 2 is 2.16 bits per heavy atom. The molecule has 0 fully saturated rings. The highest BCUT2D eigenvalue weighted by molar-refractivity contribution is 6.31. The van der Waals surface area contributed by atoms with Gasteiger partial charge in [-0.1, -0.05) is 11.6 Å². The predicted molar refractivity (Wildman–Crippen MR) is 68.3 cm³/mol.